The molecule has 0 radical (unpaired) electrons. The zero-order chi connectivity index (χ0) is 33.7. The van der Waals surface area contributed by atoms with Crippen LogP contribution >= 0.6 is 0 Å². The molecule has 1 aromatic rings. The molecular formula is C32H47N5O7S. The number of likely N-dealkylation sites (tertiary alicyclic amines) is 1. The number of ketones is 1. The van der Waals surface area contributed by atoms with E-state index in [1.54, 1.807) is 52.8 Å². The normalized spacial score (nSPS) is 23.7. The van der Waals surface area contributed by atoms with Crippen molar-refractivity contribution in [2.45, 2.75) is 96.3 Å². The Balaban J connectivity index is 1.50. The van der Waals surface area contributed by atoms with E-state index in [0.29, 0.717) is 13.0 Å². The third-order valence-corrected chi connectivity index (χ3v) is 11.5. The lowest BCUT2D eigenvalue weighted by Crippen LogP contribution is -2.62. The van der Waals surface area contributed by atoms with Crippen LogP contribution in [0.1, 0.15) is 67.7 Å². The van der Waals surface area contributed by atoms with Gasteiger partial charge in [0.1, 0.15) is 12.1 Å². The van der Waals surface area contributed by atoms with Crippen LogP contribution in [0.15, 0.2) is 35.2 Å². The Hall–Kier alpha value is -3.48. The first kappa shape index (κ1) is 34.4. The number of rotatable bonds is 12. The third kappa shape index (κ3) is 7.67. The highest BCUT2D eigenvalue weighted by molar-refractivity contribution is 7.91. The predicted octanol–water partition coefficient (Wildman–Crippen LogP) is 1.78. The summed E-state index contributed by atoms with van der Waals surface area (Å²) in [6.45, 7) is 12.9. The number of hydrogen-bond acceptors (Lipinski definition) is 7. The Morgan fingerprint density at radius 3 is 2.13 bits per heavy atom. The number of primary amides is 1. The molecule has 13 heteroatoms. The van der Waals surface area contributed by atoms with Gasteiger partial charge in [0.05, 0.1) is 22.2 Å². The van der Waals surface area contributed by atoms with Gasteiger partial charge in [-0.15, -0.1) is 0 Å². The monoisotopic (exact) mass is 645 g/mol. The van der Waals surface area contributed by atoms with Crippen molar-refractivity contribution >= 4 is 39.4 Å². The second-order valence-corrected chi connectivity index (χ2v) is 17.2. The summed E-state index contributed by atoms with van der Waals surface area (Å²) in [5, 5.41) is 8.19. The molecule has 1 heterocycles. The van der Waals surface area contributed by atoms with E-state index in [1.165, 1.54) is 17.0 Å². The van der Waals surface area contributed by atoms with Crippen molar-refractivity contribution in [1.82, 2.24) is 20.9 Å². The van der Waals surface area contributed by atoms with Gasteiger partial charge in [0.25, 0.3) is 5.91 Å². The number of piperidine rings is 1. The summed E-state index contributed by atoms with van der Waals surface area (Å²) in [5.74, 6) is -3.23. The van der Waals surface area contributed by atoms with E-state index in [9.17, 15) is 32.4 Å². The van der Waals surface area contributed by atoms with Gasteiger partial charge in [0.15, 0.2) is 9.84 Å². The van der Waals surface area contributed by atoms with Gasteiger partial charge < -0.3 is 26.6 Å². The molecule has 1 saturated heterocycles. The maximum absolute atomic E-state index is 14.2. The lowest BCUT2D eigenvalue weighted by atomic mass is 9.85. The summed E-state index contributed by atoms with van der Waals surface area (Å²) in [4.78, 5) is 67.2. The van der Waals surface area contributed by atoms with Gasteiger partial charge >= 0.3 is 6.03 Å². The number of fused-ring (bicyclic) bond motifs is 1. The number of benzene rings is 1. The van der Waals surface area contributed by atoms with Crippen LogP contribution < -0.4 is 21.7 Å². The summed E-state index contributed by atoms with van der Waals surface area (Å²) in [7, 11) is -3.72. The summed E-state index contributed by atoms with van der Waals surface area (Å²) < 4.78 is 26.0. The molecule has 5 atom stereocenters. The number of nitrogens with zero attached hydrogens (tertiary/aromatic N) is 1. The highest BCUT2D eigenvalue weighted by Gasteiger charge is 2.70. The van der Waals surface area contributed by atoms with E-state index in [0.717, 1.165) is 12.8 Å². The van der Waals surface area contributed by atoms with Crippen molar-refractivity contribution < 1.29 is 32.4 Å². The molecule has 2 aliphatic carbocycles. The quantitative estimate of drug-likeness (QED) is 0.250. The highest BCUT2D eigenvalue weighted by Crippen LogP contribution is 2.65. The maximum atomic E-state index is 14.2. The molecule has 5 amide bonds. The van der Waals surface area contributed by atoms with Crippen LogP contribution in [0.25, 0.3) is 0 Å². The molecule has 0 bridgehead atoms. The van der Waals surface area contributed by atoms with Gasteiger partial charge in [-0.25, -0.2) is 13.2 Å². The van der Waals surface area contributed by atoms with Crippen LogP contribution in [-0.4, -0.2) is 78.8 Å². The number of nitrogens with one attached hydrogen (secondary N) is 3. The van der Waals surface area contributed by atoms with Crippen molar-refractivity contribution in [3.63, 3.8) is 0 Å². The van der Waals surface area contributed by atoms with Gasteiger partial charge in [-0.2, -0.15) is 0 Å². The van der Waals surface area contributed by atoms with Crippen molar-refractivity contribution in [2.75, 3.05) is 12.3 Å². The van der Waals surface area contributed by atoms with Gasteiger partial charge in [0.2, 0.25) is 17.6 Å². The number of sulfone groups is 1. The number of Topliss-reactive ketones (excluding diaryl/α,β-unsaturated/α-hetero) is 1. The first-order valence-electron chi connectivity index (χ1n) is 15.5. The summed E-state index contributed by atoms with van der Waals surface area (Å²) in [6.07, 6.45) is 2.12. The molecule has 0 spiro atoms. The number of hydrogen-bond donors (Lipinski definition) is 4. The number of carbonyl (C=O) groups is 5. The van der Waals surface area contributed by atoms with Crippen LogP contribution in [0, 0.1) is 28.6 Å². The molecule has 248 valence electrons. The standard InChI is InChI=1S/C32H47N5O7S/c1-30(2,3)25(35-29(42)36-31(4,5)17-45(43,44)19-11-9-8-10-12-19)28(41)37-16-20-22(32(20,6)7)23(37)27(40)34-21(15-18-13-14-18)24(38)26(33)39/h8-12,18,20-23,25H,13-17H2,1-7H3,(H2,33,39)(H,34,40)(H2,35,36,42)/t20-,21?,22-,23-,25+/m0/s1. The molecule has 1 unspecified atom stereocenters. The minimum atomic E-state index is -3.72. The summed E-state index contributed by atoms with van der Waals surface area (Å²) in [6, 6.07) is 4.20. The van der Waals surface area contributed by atoms with Crippen molar-refractivity contribution in [1.29, 1.82) is 0 Å². The molecule has 0 aromatic heterocycles. The number of carbonyl (C=O) groups excluding carboxylic acids is 5. The van der Waals surface area contributed by atoms with E-state index in [2.05, 4.69) is 16.0 Å². The lowest BCUT2D eigenvalue weighted by Gasteiger charge is -2.38. The van der Waals surface area contributed by atoms with Gasteiger partial charge in [-0.3, -0.25) is 19.2 Å². The fraction of sp³-hybridized carbons (Fsp3) is 0.656. The second kappa shape index (κ2) is 12.0. The molecule has 5 N–H and O–H groups in total. The molecule has 45 heavy (non-hydrogen) atoms. The third-order valence-electron chi connectivity index (χ3n) is 9.40. The zero-order valence-corrected chi connectivity index (χ0v) is 28.0. The second-order valence-electron chi connectivity index (χ2n) is 15.2. The van der Waals surface area contributed by atoms with Crippen LogP contribution in [0.5, 0.6) is 0 Å². The van der Waals surface area contributed by atoms with E-state index >= 15 is 0 Å². The van der Waals surface area contributed by atoms with Crippen molar-refractivity contribution in [3.05, 3.63) is 30.3 Å². The van der Waals surface area contributed by atoms with Crippen LogP contribution in [0.3, 0.4) is 0 Å². The number of urea groups is 1. The van der Waals surface area contributed by atoms with Gasteiger partial charge in [-0.1, -0.05) is 65.7 Å². The van der Waals surface area contributed by atoms with E-state index in [4.69, 9.17) is 5.73 Å². The average Bonchev–Trinajstić information content (AvgIpc) is 3.77. The first-order chi connectivity index (χ1) is 20.7. The maximum Gasteiger partial charge on any atom is 0.315 e. The van der Waals surface area contributed by atoms with Crippen molar-refractivity contribution in [2.24, 2.45) is 34.3 Å². The Kier molecular flexibility index (Phi) is 9.20. The van der Waals surface area contributed by atoms with E-state index in [1.807, 2.05) is 13.8 Å². The lowest BCUT2D eigenvalue weighted by molar-refractivity contribution is -0.145. The smallest absolute Gasteiger partial charge is 0.315 e. The molecule has 3 aliphatic rings. The first-order valence-corrected chi connectivity index (χ1v) is 17.1. The fourth-order valence-corrected chi connectivity index (χ4v) is 8.43. The molecule has 4 rings (SSSR count). The largest absolute Gasteiger partial charge is 0.363 e. The molecule has 1 aromatic carbocycles. The SMILES string of the molecule is CC(C)(CS(=O)(=O)c1ccccc1)NC(=O)N[C@H](C(=O)N1C[C@H]2[C@@H]([C@H]1C(=O)NC(CC1CC1)C(=O)C(N)=O)C2(C)C)C(C)(C)C. The summed E-state index contributed by atoms with van der Waals surface area (Å²) in [5.41, 5.74) is 3.09. The molecule has 3 fully saturated rings. The minimum absolute atomic E-state index is 0.0440. The van der Waals surface area contributed by atoms with E-state index in [-0.39, 0.29) is 33.8 Å². The van der Waals surface area contributed by atoms with Crippen LogP contribution in [-0.2, 0) is 29.0 Å². The summed E-state index contributed by atoms with van der Waals surface area (Å²) >= 11 is 0. The Morgan fingerprint density at radius 1 is 1.00 bits per heavy atom. The molecule has 12 nitrogen and oxygen atoms in total. The van der Waals surface area contributed by atoms with Gasteiger partial charge in [-0.05, 0) is 61.0 Å². The van der Waals surface area contributed by atoms with Crippen LogP contribution in [0.4, 0.5) is 4.79 Å². The Bertz CT molecular complexity index is 1460. The van der Waals surface area contributed by atoms with Crippen molar-refractivity contribution in [3.8, 4) is 0 Å². The van der Waals surface area contributed by atoms with E-state index < -0.39 is 68.5 Å². The molecule has 1 aliphatic heterocycles. The zero-order valence-electron chi connectivity index (χ0n) is 27.2. The van der Waals surface area contributed by atoms with Gasteiger partial charge in [0, 0.05) is 6.54 Å². The Labute approximate surface area is 265 Å². The number of nitrogens with two attached hydrogens (primary N) is 1. The topological polar surface area (TPSA) is 185 Å². The molecular weight excluding hydrogens is 598 g/mol. The highest BCUT2D eigenvalue weighted by atomic mass is 32.2. The fourth-order valence-electron chi connectivity index (χ4n) is 6.67. The Morgan fingerprint density at radius 2 is 1.60 bits per heavy atom. The molecule has 2 saturated carbocycles. The number of amides is 5. The minimum Gasteiger partial charge on any atom is -0.363 e. The van der Waals surface area contributed by atoms with Crippen LogP contribution in [0.2, 0.25) is 0 Å². The average molecular weight is 646 g/mol. The predicted molar refractivity (Wildman–Crippen MR) is 167 cm³/mol.